The Hall–Kier alpha value is -4.30. The van der Waals surface area contributed by atoms with Gasteiger partial charge in [0.25, 0.3) is 0 Å². The summed E-state index contributed by atoms with van der Waals surface area (Å²) < 4.78 is 16.1. The fourth-order valence-corrected chi connectivity index (χ4v) is 5.98. The van der Waals surface area contributed by atoms with E-state index in [4.69, 9.17) is 19.9 Å². The van der Waals surface area contributed by atoms with Gasteiger partial charge in [0.2, 0.25) is 0 Å². The van der Waals surface area contributed by atoms with E-state index in [1.54, 1.807) is 61.5 Å². The van der Waals surface area contributed by atoms with Gasteiger partial charge in [-0.05, 0) is 0 Å². The number of carbonyl (C=O) groups excluding carboxylic acids is 4. The van der Waals surface area contributed by atoms with Crippen LogP contribution < -0.4 is 34.9 Å². The quantitative estimate of drug-likeness (QED) is 0.190. The van der Waals surface area contributed by atoms with Crippen molar-refractivity contribution in [3.05, 3.63) is 71.8 Å². The van der Waals surface area contributed by atoms with Gasteiger partial charge in [-0.25, -0.2) is 0 Å². The number of nitrogens with two attached hydrogens (primary N) is 1. The van der Waals surface area contributed by atoms with Gasteiger partial charge >= 0.3 is 205 Å². The molecule has 0 heterocycles. The first kappa shape index (κ1) is 28.3. The van der Waals surface area contributed by atoms with Crippen LogP contribution in [0.25, 0.3) is 0 Å². The summed E-state index contributed by atoms with van der Waals surface area (Å²) in [4.78, 5) is 48.4. The van der Waals surface area contributed by atoms with Crippen molar-refractivity contribution in [3.8, 4) is 17.2 Å². The van der Waals surface area contributed by atoms with Crippen molar-refractivity contribution < 1.29 is 33.4 Å². The molecule has 4 N–H and O–H groups in total. The number of nitrogens with one attached hydrogen (secondary N) is 2. The molecule has 10 nitrogen and oxygen atoms in total. The van der Waals surface area contributed by atoms with Crippen LogP contribution in [0.15, 0.2) is 60.7 Å². The number of primary amides is 1. The number of esters is 1. The summed E-state index contributed by atoms with van der Waals surface area (Å²) in [6.07, 6.45) is 0. The van der Waals surface area contributed by atoms with Crippen LogP contribution in [-0.4, -0.2) is 52.5 Å². The molecule has 0 aliphatic rings. The molecule has 11 heteroatoms. The van der Waals surface area contributed by atoms with E-state index in [9.17, 15) is 19.2 Å². The van der Waals surface area contributed by atoms with Gasteiger partial charge in [-0.2, -0.15) is 0 Å². The van der Waals surface area contributed by atoms with Crippen LogP contribution in [0.5, 0.6) is 17.2 Å². The maximum atomic E-state index is 13.1. The van der Waals surface area contributed by atoms with Gasteiger partial charge in [0, 0.05) is 6.92 Å². The van der Waals surface area contributed by atoms with Crippen molar-refractivity contribution in [2.24, 2.45) is 5.73 Å². The fraction of sp³-hybridized carbons (Fsp3) is 0.185. The van der Waals surface area contributed by atoms with E-state index >= 15 is 0 Å². The Bertz CT molecular complexity index is 1340. The number of anilines is 2. The van der Waals surface area contributed by atoms with Crippen molar-refractivity contribution in [1.82, 2.24) is 0 Å². The Morgan fingerprint density at radius 3 is 1.87 bits per heavy atom. The van der Waals surface area contributed by atoms with Gasteiger partial charge in [0.15, 0.2) is 0 Å². The van der Waals surface area contributed by atoms with E-state index in [2.05, 4.69) is 10.6 Å². The summed E-state index contributed by atoms with van der Waals surface area (Å²) in [6, 6.07) is 16.0. The number of rotatable bonds is 10. The third-order valence-electron chi connectivity index (χ3n) is 5.48. The van der Waals surface area contributed by atoms with E-state index in [-0.39, 0.29) is 10.1 Å². The first-order valence-corrected chi connectivity index (χ1v) is 13.5. The summed E-state index contributed by atoms with van der Waals surface area (Å²) in [7, 11) is 2.94. The van der Waals surface area contributed by atoms with Gasteiger partial charge in [-0.1, -0.05) is 0 Å². The molecular formula is C27H28AsN3O7. The van der Waals surface area contributed by atoms with E-state index in [1.807, 2.05) is 0 Å². The number of carbonyl (C=O) groups is 4. The predicted octanol–water partition coefficient (Wildman–Crippen LogP) is 2.76. The Labute approximate surface area is 226 Å². The van der Waals surface area contributed by atoms with Gasteiger partial charge in [-0.3, -0.25) is 4.79 Å². The SMILES string of the molecule is COc1cc([AsH]C(=O)C(C)c2ccc(NC(=O)Nc3ccc(OC(C)=O)cc3)cc2)c(C(N)=O)cc1OC. The van der Waals surface area contributed by atoms with Crippen molar-refractivity contribution in [2.45, 2.75) is 19.8 Å². The molecule has 38 heavy (non-hydrogen) atoms. The Morgan fingerprint density at radius 2 is 1.37 bits per heavy atom. The first-order valence-electron chi connectivity index (χ1n) is 11.4. The van der Waals surface area contributed by atoms with Crippen LogP contribution in [0.4, 0.5) is 16.2 Å². The molecule has 198 valence electrons. The van der Waals surface area contributed by atoms with Crippen molar-refractivity contribution in [3.63, 3.8) is 0 Å². The summed E-state index contributed by atoms with van der Waals surface area (Å²) in [5, 5.41) is 5.42. The van der Waals surface area contributed by atoms with E-state index in [1.165, 1.54) is 27.2 Å². The molecular weight excluding hydrogens is 553 g/mol. The average Bonchev–Trinajstić information content (AvgIpc) is 2.89. The number of urea groups is 1. The van der Waals surface area contributed by atoms with Crippen LogP contribution in [0.3, 0.4) is 0 Å². The normalized spacial score (nSPS) is 11.5. The van der Waals surface area contributed by atoms with Crippen molar-refractivity contribution in [1.29, 1.82) is 0 Å². The summed E-state index contributed by atoms with van der Waals surface area (Å²) in [5.74, 6) is -0.334. The molecule has 0 saturated carbocycles. The number of benzene rings is 3. The van der Waals surface area contributed by atoms with E-state index in [0.717, 1.165) is 5.56 Å². The predicted molar refractivity (Wildman–Crippen MR) is 145 cm³/mol. The molecule has 0 aliphatic carbocycles. The second kappa shape index (κ2) is 12.8. The molecule has 0 fully saturated rings. The van der Waals surface area contributed by atoms with Crippen LogP contribution >= 0.6 is 0 Å². The monoisotopic (exact) mass is 581 g/mol. The van der Waals surface area contributed by atoms with Gasteiger partial charge in [-0.15, -0.1) is 0 Å². The van der Waals surface area contributed by atoms with Gasteiger partial charge in [0.05, 0.1) is 0 Å². The van der Waals surface area contributed by atoms with Crippen LogP contribution in [-0.2, 0) is 9.59 Å². The molecule has 0 spiro atoms. The maximum absolute atomic E-state index is 13.1. The number of hydrogen-bond acceptors (Lipinski definition) is 7. The third-order valence-corrected chi connectivity index (χ3v) is 8.34. The Kier molecular flexibility index (Phi) is 9.51. The molecule has 2 atom stereocenters. The first-order chi connectivity index (χ1) is 18.1. The topological polar surface area (TPSA) is 146 Å². The minimum atomic E-state index is -1.40. The van der Waals surface area contributed by atoms with Crippen LogP contribution in [0, 0.1) is 0 Å². The Morgan fingerprint density at radius 1 is 0.842 bits per heavy atom. The number of ether oxygens (including phenoxy) is 3. The van der Waals surface area contributed by atoms with E-state index < -0.39 is 39.6 Å². The fourth-order valence-electron chi connectivity index (χ4n) is 3.50. The Balaban J connectivity index is 1.64. The standard InChI is InChI=1S/C27H28AsN3O7/c1-15(25(33)28-22-14-24(37-4)23(36-3)13-21(22)26(29)34)17-5-7-18(8-6-17)30-27(35)31-19-9-11-20(12-10-19)38-16(2)32/h5-15,28H,1-4H3,(H2,29,34)(H2,30,31,35). The minimum absolute atomic E-state index is 0.00429. The molecule has 0 aliphatic heterocycles. The van der Waals surface area contributed by atoms with Gasteiger partial charge in [0.1, 0.15) is 5.75 Å². The second-order valence-electron chi connectivity index (χ2n) is 8.15. The van der Waals surface area contributed by atoms with Crippen molar-refractivity contribution in [2.75, 3.05) is 24.9 Å². The molecule has 3 aromatic rings. The molecule has 3 aromatic carbocycles. The summed E-state index contributed by atoms with van der Waals surface area (Å²) in [5.41, 5.74) is 7.61. The zero-order valence-corrected chi connectivity index (χ0v) is 23.4. The summed E-state index contributed by atoms with van der Waals surface area (Å²) >= 11 is -1.40. The zero-order valence-electron chi connectivity index (χ0n) is 21.3. The van der Waals surface area contributed by atoms with Crippen LogP contribution in [0.2, 0.25) is 0 Å². The third kappa shape index (κ3) is 7.36. The van der Waals surface area contributed by atoms with Gasteiger partial charge < -0.3 is 4.74 Å². The van der Waals surface area contributed by atoms with Crippen molar-refractivity contribution >= 4 is 54.0 Å². The van der Waals surface area contributed by atoms with E-state index in [0.29, 0.717) is 33.0 Å². The van der Waals surface area contributed by atoms with Crippen LogP contribution in [0.1, 0.15) is 35.7 Å². The second-order valence-corrected chi connectivity index (χ2v) is 10.8. The molecule has 3 amide bonds. The molecule has 0 radical (unpaired) electrons. The zero-order chi connectivity index (χ0) is 27.8. The summed E-state index contributed by atoms with van der Waals surface area (Å²) in [6.45, 7) is 3.10. The number of methoxy groups -OCH3 is 2. The number of hydrogen-bond donors (Lipinski definition) is 3. The average molecular weight is 581 g/mol. The molecule has 3 rings (SSSR count). The number of amides is 3. The molecule has 0 saturated heterocycles. The molecule has 0 aromatic heterocycles. The molecule has 0 bridgehead atoms. The molecule has 2 unspecified atom stereocenters.